The van der Waals surface area contributed by atoms with Gasteiger partial charge in [0.05, 0.1) is 6.10 Å². The number of ether oxygens (including phenoxy) is 1. The van der Waals surface area contributed by atoms with Gasteiger partial charge in [-0.2, -0.15) is 0 Å². The molecule has 0 aromatic rings. The predicted octanol–water partition coefficient (Wildman–Crippen LogP) is -1.99. The number of hydrogen-bond acceptors (Lipinski definition) is 5. The molecule has 3 N–H and O–H groups in total. The van der Waals surface area contributed by atoms with Gasteiger partial charge in [-0.1, -0.05) is 0 Å². The zero-order chi connectivity index (χ0) is 8.59. The van der Waals surface area contributed by atoms with E-state index in [1.165, 1.54) is 6.92 Å². The first kappa shape index (κ1) is 8.45. The van der Waals surface area contributed by atoms with Crippen molar-refractivity contribution in [1.82, 2.24) is 0 Å². The van der Waals surface area contributed by atoms with E-state index in [1.54, 1.807) is 0 Å². The highest BCUT2D eigenvalue weighted by Gasteiger charge is 2.48. The van der Waals surface area contributed by atoms with Crippen LogP contribution >= 0.6 is 0 Å². The molecule has 0 aromatic carbocycles. The molecule has 0 saturated carbocycles. The summed E-state index contributed by atoms with van der Waals surface area (Å²) in [5.74, 6) is -0.544. The molecule has 0 bridgehead atoms. The van der Waals surface area contributed by atoms with Gasteiger partial charge < -0.3 is 20.1 Å². The van der Waals surface area contributed by atoms with Crippen molar-refractivity contribution in [3.8, 4) is 0 Å². The van der Waals surface area contributed by atoms with Gasteiger partial charge in [-0.15, -0.1) is 0 Å². The minimum Gasteiger partial charge on any atom is -0.445 e. The Morgan fingerprint density at radius 2 is 1.91 bits per heavy atom. The Bertz CT molecular complexity index is 166. The van der Waals surface area contributed by atoms with Gasteiger partial charge in [0.25, 0.3) is 0 Å². The number of carbonyl (C=O) groups is 1. The van der Waals surface area contributed by atoms with Crippen LogP contribution in [0.1, 0.15) is 6.92 Å². The second-order valence-electron chi connectivity index (χ2n) is 2.58. The van der Waals surface area contributed by atoms with Gasteiger partial charge in [-0.05, 0) is 6.92 Å². The normalized spacial score (nSPS) is 30.5. The van der Waals surface area contributed by atoms with E-state index in [1.807, 2.05) is 0 Å². The summed E-state index contributed by atoms with van der Waals surface area (Å²) >= 11 is 0. The monoisotopic (exact) mass is 162 g/mol. The van der Waals surface area contributed by atoms with Crippen LogP contribution in [0.15, 0.2) is 0 Å². The SMILES string of the molecule is C[C@H](O)[C@H](O)[C@H](O)[C@H]1OC1=O. The molecule has 0 aromatic heterocycles. The van der Waals surface area contributed by atoms with Gasteiger partial charge in [-0.3, -0.25) is 0 Å². The van der Waals surface area contributed by atoms with Gasteiger partial charge >= 0.3 is 5.97 Å². The molecule has 0 spiro atoms. The summed E-state index contributed by atoms with van der Waals surface area (Å²) in [5, 5.41) is 26.8. The second kappa shape index (κ2) is 2.77. The maximum absolute atomic E-state index is 10.3. The van der Waals surface area contributed by atoms with Crippen LogP contribution in [0.3, 0.4) is 0 Å². The molecular formula is C6H10O5. The molecule has 0 unspecified atom stereocenters. The Morgan fingerprint density at radius 1 is 1.45 bits per heavy atom. The molecule has 64 valence electrons. The zero-order valence-electron chi connectivity index (χ0n) is 5.97. The number of aliphatic hydroxyl groups excluding tert-OH is 3. The largest absolute Gasteiger partial charge is 0.445 e. The Morgan fingerprint density at radius 3 is 2.18 bits per heavy atom. The molecule has 0 amide bonds. The summed E-state index contributed by atoms with van der Waals surface area (Å²) in [6.45, 7) is 1.32. The van der Waals surface area contributed by atoms with Crippen LogP contribution in [0.5, 0.6) is 0 Å². The van der Waals surface area contributed by atoms with E-state index in [2.05, 4.69) is 4.74 Å². The lowest BCUT2D eigenvalue weighted by Gasteiger charge is -2.16. The number of carbonyl (C=O) groups excluding carboxylic acids is 1. The van der Waals surface area contributed by atoms with Crippen molar-refractivity contribution < 1.29 is 24.9 Å². The molecule has 11 heavy (non-hydrogen) atoms. The number of hydrogen-bond donors (Lipinski definition) is 3. The Hall–Kier alpha value is -0.650. The lowest BCUT2D eigenvalue weighted by atomic mass is 10.1. The average molecular weight is 162 g/mol. The quantitative estimate of drug-likeness (QED) is 0.418. The van der Waals surface area contributed by atoms with Gasteiger partial charge in [-0.25, -0.2) is 4.79 Å². The van der Waals surface area contributed by atoms with Crippen LogP contribution in [0.4, 0.5) is 0 Å². The third-order valence-electron chi connectivity index (χ3n) is 1.57. The number of aliphatic hydroxyl groups is 3. The lowest BCUT2D eigenvalue weighted by Crippen LogP contribution is -2.39. The first-order valence-electron chi connectivity index (χ1n) is 3.28. The summed E-state index contributed by atoms with van der Waals surface area (Å²) in [5.41, 5.74) is 0. The van der Waals surface area contributed by atoms with Crippen molar-refractivity contribution in [1.29, 1.82) is 0 Å². The molecule has 1 heterocycles. The van der Waals surface area contributed by atoms with E-state index < -0.39 is 30.4 Å². The van der Waals surface area contributed by atoms with Crippen LogP contribution in [0.25, 0.3) is 0 Å². The van der Waals surface area contributed by atoms with E-state index in [9.17, 15) is 4.79 Å². The minimum absolute atomic E-state index is 0.544. The predicted molar refractivity (Wildman–Crippen MR) is 33.6 cm³/mol. The van der Waals surface area contributed by atoms with Crippen molar-refractivity contribution in [3.05, 3.63) is 0 Å². The summed E-state index contributed by atoms with van der Waals surface area (Å²) in [6.07, 6.45) is -4.66. The fourth-order valence-electron chi connectivity index (χ4n) is 0.765. The molecule has 1 aliphatic heterocycles. The van der Waals surface area contributed by atoms with E-state index >= 15 is 0 Å². The number of cyclic esters (lactones) is 1. The van der Waals surface area contributed by atoms with Crippen molar-refractivity contribution in [2.45, 2.75) is 31.3 Å². The molecule has 0 aliphatic carbocycles. The summed E-state index contributed by atoms with van der Waals surface area (Å²) in [6, 6.07) is 0. The van der Waals surface area contributed by atoms with E-state index in [-0.39, 0.29) is 0 Å². The Balaban J connectivity index is 2.41. The summed E-state index contributed by atoms with van der Waals surface area (Å²) in [7, 11) is 0. The number of rotatable bonds is 3. The van der Waals surface area contributed by atoms with E-state index in [0.717, 1.165) is 0 Å². The van der Waals surface area contributed by atoms with Crippen LogP contribution in [-0.2, 0) is 9.53 Å². The summed E-state index contributed by atoms with van der Waals surface area (Å²) in [4.78, 5) is 10.3. The molecule has 1 fully saturated rings. The molecule has 0 radical (unpaired) electrons. The minimum atomic E-state index is -1.33. The second-order valence-corrected chi connectivity index (χ2v) is 2.58. The van der Waals surface area contributed by atoms with Gasteiger partial charge in [0, 0.05) is 0 Å². The van der Waals surface area contributed by atoms with Gasteiger partial charge in [0.15, 0.2) is 0 Å². The fourth-order valence-corrected chi connectivity index (χ4v) is 0.765. The van der Waals surface area contributed by atoms with Crippen LogP contribution < -0.4 is 0 Å². The smallest absolute Gasteiger partial charge is 0.351 e. The molecule has 1 saturated heterocycles. The molecule has 1 aliphatic rings. The van der Waals surface area contributed by atoms with Gasteiger partial charge in [0.2, 0.25) is 6.10 Å². The van der Waals surface area contributed by atoms with Crippen molar-refractivity contribution >= 4 is 5.97 Å². The molecular weight excluding hydrogens is 152 g/mol. The van der Waals surface area contributed by atoms with Crippen molar-refractivity contribution in [2.24, 2.45) is 0 Å². The average Bonchev–Trinajstić information content (AvgIpc) is 2.63. The maximum Gasteiger partial charge on any atom is 0.351 e. The molecule has 1 rings (SSSR count). The zero-order valence-corrected chi connectivity index (χ0v) is 5.97. The molecule has 5 nitrogen and oxygen atoms in total. The van der Waals surface area contributed by atoms with E-state index in [0.29, 0.717) is 0 Å². The molecule has 4 atom stereocenters. The standard InChI is InChI=1S/C6H10O5/c1-2(7)3(8)4(9)5-6(10)11-5/h2-5,7-9H,1H3/t2-,3-,4-,5+/m0/s1. The third kappa shape index (κ3) is 1.68. The van der Waals surface area contributed by atoms with Gasteiger partial charge in [0.1, 0.15) is 12.2 Å². The maximum atomic E-state index is 10.3. The van der Waals surface area contributed by atoms with Crippen LogP contribution in [0, 0.1) is 0 Å². The fraction of sp³-hybridized carbons (Fsp3) is 0.833. The first-order valence-corrected chi connectivity index (χ1v) is 3.28. The lowest BCUT2D eigenvalue weighted by molar-refractivity contribution is -0.117. The Kier molecular flexibility index (Phi) is 2.12. The topological polar surface area (TPSA) is 90.3 Å². The van der Waals surface area contributed by atoms with Crippen LogP contribution in [0.2, 0.25) is 0 Å². The Labute approximate surface area is 63.2 Å². The van der Waals surface area contributed by atoms with Crippen molar-refractivity contribution in [2.75, 3.05) is 0 Å². The highest BCUT2D eigenvalue weighted by Crippen LogP contribution is 2.20. The highest BCUT2D eigenvalue weighted by molar-refractivity contribution is 5.88. The van der Waals surface area contributed by atoms with Crippen molar-refractivity contribution in [3.63, 3.8) is 0 Å². The molecule has 5 heteroatoms. The number of epoxide rings is 1. The van der Waals surface area contributed by atoms with E-state index in [4.69, 9.17) is 15.3 Å². The highest BCUT2D eigenvalue weighted by atomic mass is 16.7. The first-order chi connectivity index (χ1) is 5.04. The third-order valence-corrected chi connectivity index (χ3v) is 1.57. The summed E-state index contributed by atoms with van der Waals surface area (Å²) < 4.78 is 4.29. The van der Waals surface area contributed by atoms with Crippen LogP contribution in [-0.4, -0.2) is 45.7 Å².